The minimum atomic E-state index is -3.54. The van der Waals surface area contributed by atoms with E-state index in [9.17, 15) is 8.42 Å². The molecule has 0 aliphatic heterocycles. The first-order valence-corrected chi connectivity index (χ1v) is 8.69. The van der Waals surface area contributed by atoms with Crippen molar-refractivity contribution in [1.82, 2.24) is 4.72 Å². The predicted octanol–water partition coefficient (Wildman–Crippen LogP) is 3.32. The molecule has 2 atom stereocenters. The van der Waals surface area contributed by atoms with E-state index in [0.29, 0.717) is 0 Å². The highest BCUT2D eigenvalue weighted by molar-refractivity contribution is 9.09. The molecular formula is C12H15BrClNO2S. The molecule has 1 aliphatic rings. The quantitative estimate of drug-likeness (QED) is 0.848. The Balaban J connectivity index is 2.19. The van der Waals surface area contributed by atoms with Crippen LogP contribution in [0.1, 0.15) is 25.7 Å². The van der Waals surface area contributed by atoms with Gasteiger partial charge in [-0.1, -0.05) is 52.5 Å². The molecule has 0 radical (unpaired) electrons. The normalized spacial score (nSPS) is 25.0. The summed E-state index contributed by atoms with van der Waals surface area (Å²) in [5, 5.41) is 0.256. The molecule has 0 bridgehead atoms. The number of sulfonamides is 1. The Kier molecular flexibility index (Phi) is 4.69. The zero-order chi connectivity index (χ0) is 13.2. The van der Waals surface area contributed by atoms with Gasteiger partial charge in [-0.15, -0.1) is 0 Å². The Morgan fingerprint density at radius 1 is 1.22 bits per heavy atom. The number of hydrogen-bond acceptors (Lipinski definition) is 2. The summed E-state index contributed by atoms with van der Waals surface area (Å²) in [5.74, 6) is 0. The lowest BCUT2D eigenvalue weighted by Gasteiger charge is -2.28. The Morgan fingerprint density at radius 3 is 2.56 bits per heavy atom. The molecule has 0 saturated heterocycles. The SMILES string of the molecule is O=S(=O)(NC1CCCCC1Br)c1ccccc1Cl. The van der Waals surface area contributed by atoms with Gasteiger partial charge < -0.3 is 0 Å². The second-order valence-electron chi connectivity index (χ2n) is 4.46. The Morgan fingerprint density at radius 2 is 1.89 bits per heavy atom. The Labute approximate surface area is 121 Å². The van der Waals surface area contributed by atoms with Crippen molar-refractivity contribution in [1.29, 1.82) is 0 Å². The van der Waals surface area contributed by atoms with Gasteiger partial charge in [0.2, 0.25) is 10.0 Å². The van der Waals surface area contributed by atoms with E-state index in [2.05, 4.69) is 20.7 Å². The molecule has 1 saturated carbocycles. The standard InChI is InChI=1S/C12H15BrClNO2S/c13-9-5-1-3-7-11(9)15-18(16,17)12-8-4-2-6-10(12)14/h2,4,6,8-9,11,15H,1,3,5,7H2. The third-order valence-electron chi connectivity index (χ3n) is 3.11. The molecule has 6 heteroatoms. The van der Waals surface area contributed by atoms with Crippen LogP contribution in [0.5, 0.6) is 0 Å². The van der Waals surface area contributed by atoms with Crippen LogP contribution >= 0.6 is 27.5 Å². The predicted molar refractivity (Wildman–Crippen MR) is 76.7 cm³/mol. The molecule has 0 spiro atoms. The zero-order valence-corrected chi connectivity index (χ0v) is 12.9. The lowest BCUT2D eigenvalue weighted by Crippen LogP contribution is -2.42. The Hall–Kier alpha value is -0.100. The lowest BCUT2D eigenvalue weighted by molar-refractivity contribution is 0.427. The van der Waals surface area contributed by atoms with Crippen molar-refractivity contribution >= 4 is 37.6 Å². The molecule has 2 rings (SSSR count). The highest BCUT2D eigenvalue weighted by Gasteiger charge is 2.28. The summed E-state index contributed by atoms with van der Waals surface area (Å²) >= 11 is 9.47. The second-order valence-corrected chi connectivity index (χ2v) is 7.72. The van der Waals surface area contributed by atoms with Crippen molar-refractivity contribution in [3.8, 4) is 0 Å². The van der Waals surface area contributed by atoms with Gasteiger partial charge in [0, 0.05) is 10.9 Å². The lowest BCUT2D eigenvalue weighted by atomic mass is 9.96. The summed E-state index contributed by atoms with van der Waals surface area (Å²) in [6, 6.07) is 6.45. The smallest absolute Gasteiger partial charge is 0.207 e. The van der Waals surface area contributed by atoms with Crippen molar-refractivity contribution in [2.75, 3.05) is 0 Å². The number of nitrogens with one attached hydrogen (secondary N) is 1. The number of hydrogen-bond donors (Lipinski definition) is 1. The minimum Gasteiger partial charge on any atom is -0.207 e. The van der Waals surface area contributed by atoms with Crippen LogP contribution in [0.4, 0.5) is 0 Å². The van der Waals surface area contributed by atoms with Gasteiger partial charge >= 0.3 is 0 Å². The van der Waals surface area contributed by atoms with Crippen LogP contribution in [-0.4, -0.2) is 19.3 Å². The van der Waals surface area contributed by atoms with Crippen LogP contribution in [-0.2, 0) is 10.0 Å². The van der Waals surface area contributed by atoms with E-state index in [0.717, 1.165) is 25.7 Å². The first-order chi connectivity index (χ1) is 8.50. The topological polar surface area (TPSA) is 46.2 Å². The van der Waals surface area contributed by atoms with Crippen molar-refractivity contribution in [2.24, 2.45) is 0 Å². The fourth-order valence-electron chi connectivity index (χ4n) is 2.14. The van der Waals surface area contributed by atoms with Crippen molar-refractivity contribution in [3.05, 3.63) is 29.3 Å². The molecular weight excluding hydrogens is 338 g/mol. The van der Waals surface area contributed by atoms with E-state index in [-0.39, 0.29) is 20.8 Å². The first-order valence-electron chi connectivity index (χ1n) is 5.91. The summed E-state index contributed by atoms with van der Waals surface area (Å²) in [4.78, 5) is 0.348. The maximum Gasteiger partial charge on any atom is 0.242 e. The molecule has 1 N–H and O–H groups in total. The highest BCUT2D eigenvalue weighted by Crippen LogP contribution is 2.27. The maximum atomic E-state index is 12.3. The van der Waals surface area contributed by atoms with Crippen molar-refractivity contribution in [2.45, 2.75) is 41.4 Å². The largest absolute Gasteiger partial charge is 0.242 e. The molecule has 1 fully saturated rings. The summed E-state index contributed by atoms with van der Waals surface area (Å²) in [6.45, 7) is 0. The van der Waals surface area contributed by atoms with Crippen LogP contribution in [0, 0.1) is 0 Å². The van der Waals surface area contributed by atoms with Gasteiger partial charge in [-0.3, -0.25) is 0 Å². The zero-order valence-electron chi connectivity index (χ0n) is 9.77. The van der Waals surface area contributed by atoms with E-state index in [1.165, 1.54) is 6.07 Å². The molecule has 0 heterocycles. The van der Waals surface area contributed by atoms with E-state index in [4.69, 9.17) is 11.6 Å². The van der Waals surface area contributed by atoms with Gasteiger partial charge in [-0.25, -0.2) is 13.1 Å². The second kappa shape index (κ2) is 5.90. The van der Waals surface area contributed by atoms with Gasteiger partial charge in [-0.05, 0) is 25.0 Å². The van der Waals surface area contributed by atoms with E-state index in [1.807, 2.05) is 0 Å². The summed E-state index contributed by atoms with van der Waals surface area (Å²) in [6.07, 6.45) is 4.05. The molecule has 18 heavy (non-hydrogen) atoms. The molecule has 0 aromatic heterocycles. The number of rotatable bonds is 3. The molecule has 100 valence electrons. The van der Waals surface area contributed by atoms with Crippen molar-refractivity contribution in [3.63, 3.8) is 0 Å². The third kappa shape index (κ3) is 3.26. The molecule has 1 aromatic rings. The fourth-order valence-corrected chi connectivity index (χ4v) is 4.87. The first kappa shape index (κ1) is 14.3. The average molecular weight is 353 g/mol. The van der Waals surface area contributed by atoms with Crippen LogP contribution in [0.15, 0.2) is 29.2 Å². The van der Waals surface area contributed by atoms with Gasteiger partial charge in [0.15, 0.2) is 0 Å². The third-order valence-corrected chi connectivity index (χ3v) is 6.20. The summed E-state index contributed by atoms with van der Waals surface area (Å²) in [5.41, 5.74) is 0. The van der Waals surface area contributed by atoms with Gasteiger partial charge in [-0.2, -0.15) is 0 Å². The average Bonchev–Trinajstić information content (AvgIpc) is 2.32. The van der Waals surface area contributed by atoms with E-state index < -0.39 is 10.0 Å². The molecule has 2 unspecified atom stereocenters. The highest BCUT2D eigenvalue weighted by atomic mass is 79.9. The molecule has 0 amide bonds. The van der Waals surface area contributed by atoms with E-state index >= 15 is 0 Å². The van der Waals surface area contributed by atoms with Crippen molar-refractivity contribution < 1.29 is 8.42 Å². The molecule has 1 aliphatic carbocycles. The fraction of sp³-hybridized carbons (Fsp3) is 0.500. The van der Waals surface area contributed by atoms with Crippen LogP contribution in [0.25, 0.3) is 0 Å². The van der Waals surface area contributed by atoms with Gasteiger partial charge in [0.05, 0.1) is 5.02 Å². The number of benzene rings is 1. The van der Waals surface area contributed by atoms with Crippen LogP contribution in [0.2, 0.25) is 5.02 Å². The minimum absolute atomic E-state index is 0.0555. The van der Waals surface area contributed by atoms with Crippen LogP contribution in [0.3, 0.4) is 0 Å². The monoisotopic (exact) mass is 351 g/mol. The Bertz CT molecular complexity index is 521. The van der Waals surface area contributed by atoms with Gasteiger partial charge in [0.1, 0.15) is 4.90 Å². The van der Waals surface area contributed by atoms with Crippen LogP contribution < -0.4 is 4.72 Å². The van der Waals surface area contributed by atoms with Gasteiger partial charge in [0.25, 0.3) is 0 Å². The maximum absolute atomic E-state index is 12.3. The van der Waals surface area contributed by atoms with E-state index in [1.54, 1.807) is 18.2 Å². The molecule has 1 aromatic carbocycles. The molecule has 3 nitrogen and oxygen atoms in total. The number of halogens is 2. The summed E-state index contributed by atoms with van der Waals surface area (Å²) < 4.78 is 27.2. The summed E-state index contributed by atoms with van der Waals surface area (Å²) in [7, 11) is -3.54. The number of alkyl halides is 1.